The first-order chi connectivity index (χ1) is 9.72. The van der Waals surface area contributed by atoms with Gasteiger partial charge in [0.05, 0.1) is 16.9 Å². The zero-order chi connectivity index (χ0) is 14.1. The highest BCUT2D eigenvalue weighted by molar-refractivity contribution is 9.10. The van der Waals surface area contributed by atoms with Crippen molar-refractivity contribution in [2.75, 3.05) is 5.75 Å². The Labute approximate surface area is 137 Å². The molecule has 1 saturated carbocycles. The molecule has 5 heteroatoms. The van der Waals surface area contributed by atoms with Crippen LogP contribution in [0.4, 0.5) is 0 Å². The maximum absolute atomic E-state index is 6.12. The molecule has 0 spiro atoms. The summed E-state index contributed by atoms with van der Waals surface area (Å²) in [7, 11) is 0. The van der Waals surface area contributed by atoms with Gasteiger partial charge in [-0.15, -0.1) is 11.6 Å². The second-order valence-electron chi connectivity index (χ2n) is 5.21. The third-order valence-electron chi connectivity index (χ3n) is 3.97. The lowest BCUT2D eigenvalue weighted by Crippen LogP contribution is -2.09. The van der Waals surface area contributed by atoms with E-state index in [0.717, 1.165) is 21.1 Å². The summed E-state index contributed by atoms with van der Waals surface area (Å²) in [6.45, 7) is 2.24. The Morgan fingerprint density at radius 3 is 3.05 bits per heavy atom. The number of halogens is 2. The van der Waals surface area contributed by atoms with E-state index >= 15 is 0 Å². The summed E-state index contributed by atoms with van der Waals surface area (Å²) < 4.78 is 3.48. The van der Waals surface area contributed by atoms with Crippen LogP contribution in [0.25, 0.3) is 11.0 Å². The highest BCUT2D eigenvalue weighted by Gasteiger charge is 2.28. The van der Waals surface area contributed by atoms with Crippen LogP contribution >= 0.6 is 39.3 Å². The molecule has 108 valence electrons. The van der Waals surface area contributed by atoms with Crippen LogP contribution in [0.5, 0.6) is 0 Å². The van der Waals surface area contributed by atoms with E-state index in [-0.39, 0.29) is 0 Å². The van der Waals surface area contributed by atoms with E-state index in [0.29, 0.717) is 11.9 Å². The number of imidazole rings is 1. The number of alkyl halides is 1. The van der Waals surface area contributed by atoms with Gasteiger partial charge in [0.15, 0.2) is 0 Å². The molecule has 0 aliphatic heterocycles. The van der Waals surface area contributed by atoms with Crippen LogP contribution in [-0.4, -0.2) is 20.6 Å². The first-order valence-electron chi connectivity index (χ1n) is 7.06. The van der Waals surface area contributed by atoms with Gasteiger partial charge in [-0.2, -0.15) is 11.8 Å². The summed E-state index contributed by atoms with van der Waals surface area (Å²) >= 11 is 11.8. The molecule has 1 aromatic carbocycles. The Kier molecular flexibility index (Phi) is 4.63. The van der Waals surface area contributed by atoms with Gasteiger partial charge in [0, 0.05) is 15.8 Å². The molecule has 2 unspecified atom stereocenters. The fraction of sp³-hybridized carbons (Fsp3) is 0.533. The van der Waals surface area contributed by atoms with Gasteiger partial charge in [0.1, 0.15) is 5.82 Å². The SMILES string of the molecule is CCSC1CCC(n2c(CCl)nc3ccc(Br)cc32)C1. The summed E-state index contributed by atoms with van der Waals surface area (Å²) in [6, 6.07) is 6.83. The Morgan fingerprint density at radius 1 is 1.45 bits per heavy atom. The fourth-order valence-electron chi connectivity index (χ4n) is 3.16. The first-order valence-corrected chi connectivity index (χ1v) is 9.44. The number of thioether (sulfide) groups is 1. The quantitative estimate of drug-likeness (QED) is 0.669. The van der Waals surface area contributed by atoms with Gasteiger partial charge in [0.2, 0.25) is 0 Å². The monoisotopic (exact) mass is 372 g/mol. The van der Waals surface area contributed by atoms with Crippen molar-refractivity contribution in [2.45, 2.75) is 43.4 Å². The molecule has 20 heavy (non-hydrogen) atoms. The summed E-state index contributed by atoms with van der Waals surface area (Å²) in [5, 5.41) is 0.790. The summed E-state index contributed by atoms with van der Waals surface area (Å²) in [4.78, 5) is 4.69. The van der Waals surface area contributed by atoms with Gasteiger partial charge in [0.25, 0.3) is 0 Å². The maximum Gasteiger partial charge on any atom is 0.125 e. The van der Waals surface area contributed by atoms with Gasteiger partial charge in [-0.05, 0) is 43.2 Å². The molecule has 2 aromatic rings. The standard InChI is InChI=1S/C15H18BrClN2S/c1-2-20-12-5-4-11(8-12)19-14-7-10(16)3-6-13(14)18-15(19)9-17/h3,6-7,11-12H,2,4-5,8-9H2,1H3. The Bertz CT molecular complexity index is 613. The Hall–Kier alpha value is -0.190. The second kappa shape index (κ2) is 6.29. The van der Waals surface area contributed by atoms with E-state index in [1.54, 1.807) is 0 Å². The van der Waals surface area contributed by atoms with Crippen molar-refractivity contribution in [3.8, 4) is 0 Å². The molecule has 1 aromatic heterocycles. The van der Waals surface area contributed by atoms with Crippen molar-refractivity contribution in [2.24, 2.45) is 0 Å². The lowest BCUT2D eigenvalue weighted by atomic mass is 10.2. The third kappa shape index (κ3) is 2.75. The molecule has 1 fully saturated rings. The van der Waals surface area contributed by atoms with Crippen molar-refractivity contribution >= 4 is 50.3 Å². The van der Waals surface area contributed by atoms with E-state index in [9.17, 15) is 0 Å². The highest BCUT2D eigenvalue weighted by atomic mass is 79.9. The molecule has 2 nitrogen and oxygen atoms in total. The molecule has 3 rings (SSSR count). The zero-order valence-electron chi connectivity index (χ0n) is 11.5. The zero-order valence-corrected chi connectivity index (χ0v) is 14.6. The topological polar surface area (TPSA) is 17.8 Å². The van der Waals surface area contributed by atoms with Crippen molar-refractivity contribution in [3.63, 3.8) is 0 Å². The van der Waals surface area contributed by atoms with Crippen LogP contribution in [0, 0.1) is 0 Å². The molecule has 1 aliphatic carbocycles. The van der Waals surface area contributed by atoms with Gasteiger partial charge in [-0.1, -0.05) is 22.9 Å². The summed E-state index contributed by atoms with van der Waals surface area (Å²) in [5.41, 5.74) is 2.26. The number of nitrogens with zero attached hydrogens (tertiary/aromatic N) is 2. The third-order valence-corrected chi connectivity index (χ3v) is 5.93. The van der Waals surface area contributed by atoms with Crippen LogP contribution in [0.1, 0.15) is 38.1 Å². The van der Waals surface area contributed by atoms with E-state index in [2.05, 4.69) is 51.3 Å². The molecule has 1 aliphatic rings. The average molecular weight is 374 g/mol. The molecular weight excluding hydrogens is 356 g/mol. The molecular formula is C15H18BrClN2S. The number of benzene rings is 1. The van der Waals surface area contributed by atoms with Gasteiger partial charge in [-0.3, -0.25) is 0 Å². The smallest absolute Gasteiger partial charge is 0.125 e. The normalized spacial score (nSPS) is 22.8. The van der Waals surface area contributed by atoms with Gasteiger partial charge in [-0.25, -0.2) is 4.98 Å². The van der Waals surface area contributed by atoms with Crippen molar-refractivity contribution in [3.05, 3.63) is 28.5 Å². The van der Waals surface area contributed by atoms with E-state index in [4.69, 9.17) is 16.6 Å². The molecule has 0 saturated heterocycles. The molecule has 0 N–H and O–H groups in total. The van der Waals surface area contributed by atoms with Crippen LogP contribution in [0.15, 0.2) is 22.7 Å². The largest absolute Gasteiger partial charge is 0.324 e. The average Bonchev–Trinajstić information content (AvgIpc) is 3.02. The minimum atomic E-state index is 0.481. The van der Waals surface area contributed by atoms with E-state index in [1.807, 2.05) is 6.07 Å². The Balaban J connectivity index is 1.99. The van der Waals surface area contributed by atoms with Crippen LogP contribution in [-0.2, 0) is 5.88 Å². The minimum absolute atomic E-state index is 0.481. The molecule has 2 atom stereocenters. The van der Waals surface area contributed by atoms with Crippen LogP contribution in [0.2, 0.25) is 0 Å². The maximum atomic E-state index is 6.12. The molecule has 0 bridgehead atoms. The summed E-state index contributed by atoms with van der Waals surface area (Å²) in [6.07, 6.45) is 3.78. The van der Waals surface area contributed by atoms with Gasteiger partial charge < -0.3 is 4.57 Å². The number of hydrogen-bond donors (Lipinski definition) is 0. The number of rotatable bonds is 4. The van der Waals surface area contributed by atoms with Gasteiger partial charge >= 0.3 is 0 Å². The second-order valence-corrected chi connectivity index (χ2v) is 7.97. The van der Waals surface area contributed by atoms with Crippen LogP contribution < -0.4 is 0 Å². The lowest BCUT2D eigenvalue weighted by Gasteiger charge is -2.16. The van der Waals surface area contributed by atoms with Crippen LogP contribution in [0.3, 0.4) is 0 Å². The molecule has 0 radical (unpaired) electrons. The predicted octanol–water partition coefficient (Wildman–Crippen LogP) is 5.38. The van der Waals surface area contributed by atoms with Crippen molar-refractivity contribution in [1.29, 1.82) is 0 Å². The fourth-order valence-corrected chi connectivity index (χ4v) is 4.83. The summed E-state index contributed by atoms with van der Waals surface area (Å²) in [5.74, 6) is 2.69. The molecule has 0 amide bonds. The lowest BCUT2D eigenvalue weighted by molar-refractivity contribution is 0.519. The van der Waals surface area contributed by atoms with E-state index in [1.165, 1.54) is 30.5 Å². The number of hydrogen-bond acceptors (Lipinski definition) is 2. The van der Waals surface area contributed by atoms with E-state index < -0.39 is 0 Å². The minimum Gasteiger partial charge on any atom is -0.324 e. The van der Waals surface area contributed by atoms with Crippen molar-refractivity contribution < 1.29 is 0 Å². The number of fused-ring (bicyclic) bond motifs is 1. The highest BCUT2D eigenvalue weighted by Crippen LogP contribution is 2.39. The van der Waals surface area contributed by atoms with Crippen molar-refractivity contribution in [1.82, 2.24) is 9.55 Å². The molecule has 1 heterocycles. The first kappa shape index (κ1) is 14.7. The number of aromatic nitrogens is 2. The predicted molar refractivity (Wildman–Crippen MR) is 91.8 cm³/mol. The Morgan fingerprint density at radius 2 is 2.30 bits per heavy atom.